The van der Waals surface area contributed by atoms with Crippen LogP contribution in [0.15, 0.2) is 37.8 Å². The largest absolute Gasteiger partial charge is 0.444 e. The van der Waals surface area contributed by atoms with Crippen LogP contribution in [0.5, 0.6) is 0 Å². The average Bonchev–Trinajstić information content (AvgIpc) is 2.79. The fourth-order valence-corrected chi connectivity index (χ4v) is 2.59. The van der Waals surface area contributed by atoms with Crippen molar-refractivity contribution in [3.8, 4) is 0 Å². The van der Waals surface area contributed by atoms with Gasteiger partial charge >= 0.3 is 0 Å². The molecule has 7 heteroatoms. The molecule has 0 aliphatic heterocycles. The van der Waals surface area contributed by atoms with Crippen molar-refractivity contribution >= 4 is 49.4 Å². The van der Waals surface area contributed by atoms with E-state index in [9.17, 15) is 9.59 Å². The van der Waals surface area contributed by atoms with Crippen molar-refractivity contribution < 1.29 is 14.0 Å². The number of hydrogen-bond acceptors (Lipinski definition) is 3. The summed E-state index contributed by atoms with van der Waals surface area (Å²) in [5, 5.41) is 5.25. The minimum absolute atomic E-state index is 0.133. The maximum absolute atomic E-state index is 11.9. The van der Waals surface area contributed by atoms with Gasteiger partial charge in [-0.25, -0.2) is 0 Å². The van der Waals surface area contributed by atoms with Gasteiger partial charge in [-0.1, -0.05) is 15.9 Å². The predicted molar refractivity (Wildman–Crippen MR) is 91.0 cm³/mol. The highest BCUT2D eigenvalue weighted by Crippen LogP contribution is 2.20. The third-order valence-electron chi connectivity index (χ3n) is 2.95. The molecule has 0 atom stereocenters. The summed E-state index contributed by atoms with van der Waals surface area (Å²) in [6.45, 7) is 3.55. The van der Waals surface area contributed by atoms with Crippen LogP contribution in [-0.2, 0) is 4.79 Å². The van der Waals surface area contributed by atoms with Gasteiger partial charge in [-0.3, -0.25) is 9.59 Å². The molecule has 116 valence electrons. The summed E-state index contributed by atoms with van der Waals surface area (Å²) in [6.07, 6.45) is 0. The normalized spacial score (nSPS) is 10.4. The molecule has 5 nitrogen and oxygen atoms in total. The molecule has 1 aromatic carbocycles. The minimum Gasteiger partial charge on any atom is -0.444 e. The molecule has 2 amide bonds. The van der Waals surface area contributed by atoms with E-state index in [2.05, 4.69) is 42.5 Å². The van der Waals surface area contributed by atoms with Crippen molar-refractivity contribution in [1.29, 1.82) is 0 Å². The molecule has 0 bridgehead atoms. The number of halogens is 2. The van der Waals surface area contributed by atoms with E-state index in [4.69, 9.17) is 4.42 Å². The Kier molecular flexibility index (Phi) is 5.42. The highest BCUT2D eigenvalue weighted by molar-refractivity contribution is 9.10. The monoisotopic (exact) mass is 428 g/mol. The summed E-state index contributed by atoms with van der Waals surface area (Å²) in [5.74, 6) is -0.539. The molecule has 1 heterocycles. The summed E-state index contributed by atoms with van der Waals surface area (Å²) in [5.41, 5.74) is 2.39. The molecule has 0 radical (unpaired) electrons. The maximum atomic E-state index is 11.9. The van der Waals surface area contributed by atoms with Crippen molar-refractivity contribution in [2.24, 2.45) is 0 Å². The van der Waals surface area contributed by atoms with Crippen molar-refractivity contribution in [2.75, 3.05) is 11.9 Å². The van der Waals surface area contributed by atoms with Crippen LogP contribution >= 0.6 is 31.9 Å². The zero-order valence-electron chi connectivity index (χ0n) is 12.0. The van der Waals surface area contributed by atoms with Crippen molar-refractivity contribution in [3.63, 3.8) is 0 Å². The van der Waals surface area contributed by atoms with Gasteiger partial charge in [0.1, 0.15) is 0 Å². The van der Waals surface area contributed by atoms with Gasteiger partial charge in [-0.15, -0.1) is 0 Å². The second-order valence-electron chi connectivity index (χ2n) is 4.76. The molecular weight excluding hydrogens is 416 g/mol. The molecule has 0 aliphatic rings. The van der Waals surface area contributed by atoms with E-state index in [1.165, 1.54) is 0 Å². The van der Waals surface area contributed by atoms with Gasteiger partial charge in [0.2, 0.25) is 5.91 Å². The highest BCUT2D eigenvalue weighted by atomic mass is 79.9. The van der Waals surface area contributed by atoms with Crippen molar-refractivity contribution in [1.82, 2.24) is 5.32 Å². The van der Waals surface area contributed by atoms with Gasteiger partial charge in [0.05, 0.1) is 6.54 Å². The predicted octanol–water partition coefficient (Wildman–Crippen LogP) is 3.79. The van der Waals surface area contributed by atoms with E-state index < -0.39 is 5.91 Å². The van der Waals surface area contributed by atoms with Gasteiger partial charge < -0.3 is 15.1 Å². The number of nitrogens with one attached hydrogen (secondary N) is 2. The molecule has 22 heavy (non-hydrogen) atoms. The lowest BCUT2D eigenvalue weighted by atomic mass is 10.2. The van der Waals surface area contributed by atoms with Gasteiger partial charge in [0.25, 0.3) is 5.91 Å². The molecule has 2 rings (SSSR count). The van der Waals surface area contributed by atoms with E-state index in [1.807, 2.05) is 19.1 Å². The summed E-state index contributed by atoms with van der Waals surface area (Å²) < 4.78 is 6.67. The molecule has 0 saturated heterocycles. The summed E-state index contributed by atoms with van der Waals surface area (Å²) in [4.78, 5) is 23.8. The number of anilines is 1. The van der Waals surface area contributed by atoms with Crippen LogP contribution in [-0.4, -0.2) is 18.4 Å². The molecule has 2 N–H and O–H groups in total. The summed E-state index contributed by atoms with van der Waals surface area (Å²) in [6, 6.07) is 7.18. The molecule has 0 aliphatic carbocycles. The van der Waals surface area contributed by atoms with Crippen LogP contribution in [0.1, 0.15) is 21.7 Å². The van der Waals surface area contributed by atoms with Gasteiger partial charge in [0, 0.05) is 15.7 Å². The van der Waals surface area contributed by atoms with Crippen LogP contribution in [0.2, 0.25) is 0 Å². The third-order valence-corrected chi connectivity index (χ3v) is 4.23. The first-order chi connectivity index (χ1) is 10.4. The van der Waals surface area contributed by atoms with Crippen LogP contribution in [0.25, 0.3) is 0 Å². The lowest BCUT2D eigenvalue weighted by Gasteiger charge is -2.08. The Labute approximate surface area is 144 Å². The number of furan rings is 1. The quantitative estimate of drug-likeness (QED) is 0.776. The number of hydrogen-bond donors (Lipinski definition) is 2. The molecule has 0 saturated carbocycles. The fraction of sp³-hybridized carbons (Fsp3) is 0.200. The molecule has 2 aromatic rings. The van der Waals surface area contributed by atoms with Crippen LogP contribution in [0.3, 0.4) is 0 Å². The van der Waals surface area contributed by atoms with E-state index in [0.29, 0.717) is 15.9 Å². The Morgan fingerprint density at radius 3 is 2.45 bits per heavy atom. The maximum Gasteiger partial charge on any atom is 0.287 e. The fourth-order valence-electron chi connectivity index (χ4n) is 1.84. The Bertz CT molecular complexity index is 726. The van der Waals surface area contributed by atoms with Gasteiger partial charge in [-0.2, -0.15) is 0 Å². The Hall–Kier alpha value is -1.60. The number of aryl methyl sites for hydroxylation is 2. The van der Waals surface area contributed by atoms with Crippen molar-refractivity contribution in [2.45, 2.75) is 13.8 Å². The van der Waals surface area contributed by atoms with Crippen LogP contribution in [0, 0.1) is 13.8 Å². The molecule has 1 aromatic heterocycles. The number of carbonyl (C=O) groups is 2. The highest BCUT2D eigenvalue weighted by Gasteiger charge is 2.15. The van der Waals surface area contributed by atoms with E-state index >= 15 is 0 Å². The molecule has 0 unspecified atom stereocenters. The Balaban J connectivity index is 1.91. The molecule has 0 fully saturated rings. The molecular formula is C15H14Br2N2O3. The minimum atomic E-state index is -0.426. The zero-order chi connectivity index (χ0) is 16.3. The first kappa shape index (κ1) is 16.8. The average molecular weight is 430 g/mol. The first-order valence-corrected chi connectivity index (χ1v) is 8.05. The van der Waals surface area contributed by atoms with E-state index in [0.717, 1.165) is 10.0 Å². The summed E-state index contributed by atoms with van der Waals surface area (Å²) in [7, 11) is 0. The summed E-state index contributed by atoms with van der Waals surface area (Å²) >= 11 is 6.55. The van der Waals surface area contributed by atoms with Gasteiger partial charge in [-0.05, 0) is 59.6 Å². The third kappa shape index (κ3) is 4.20. The number of amides is 2. The Morgan fingerprint density at radius 1 is 1.14 bits per heavy atom. The van der Waals surface area contributed by atoms with E-state index in [-0.39, 0.29) is 18.2 Å². The van der Waals surface area contributed by atoms with Crippen LogP contribution < -0.4 is 10.6 Å². The Morgan fingerprint density at radius 2 is 1.86 bits per heavy atom. The van der Waals surface area contributed by atoms with E-state index in [1.54, 1.807) is 19.1 Å². The van der Waals surface area contributed by atoms with Crippen LogP contribution in [0.4, 0.5) is 5.69 Å². The second kappa shape index (κ2) is 7.11. The number of carbonyl (C=O) groups excluding carboxylic acids is 2. The lowest BCUT2D eigenvalue weighted by molar-refractivity contribution is -0.115. The molecule has 0 spiro atoms. The topological polar surface area (TPSA) is 71.3 Å². The lowest BCUT2D eigenvalue weighted by Crippen LogP contribution is -2.32. The smallest absolute Gasteiger partial charge is 0.287 e. The number of benzene rings is 1. The SMILES string of the molecule is Cc1cc(NC(=O)CNC(=O)c2oc(Br)cc2C)ccc1Br. The standard InChI is InChI=1S/C15H14Br2N2O3/c1-8-5-10(3-4-11(8)16)19-13(20)7-18-15(21)14-9(2)6-12(17)22-14/h3-6H,7H2,1-2H3,(H,18,21)(H,19,20). The second-order valence-corrected chi connectivity index (χ2v) is 6.39. The number of rotatable bonds is 4. The zero-order valence-corrected chi connectivity index (χ0v) is 15.2. The van der Waals surface area contributed by atoms with Gasteiger partial charge in [0.15, 0.2) is 10.4 Å². The van der Waals surface area contributed by atoms with Crippen molar-refractivity contribution in [3.05, 3.63) is 50.3 Å². The first-order valence-electron chi connectivity index (χ1n) is 6.47.